The predicted molar refractivity (Wildman–Crippen MR) is 83.2 cm³/mol. The fraction of sp³-hybridized carbons (Fsp3) is 0.133. The van der Waals surface area contributed by atoms with E-state index in [-0.39, 0.29) is 16.2 Å². The molecule has 0 aliphatic carbocycles. The number of hydrogen-bond acceptors (Lipinski definition) is 4. The standard InChI is InChI=1S/C15H10F2N4OS/c1-21-4-3-7-10(21)5-9(16)11(12(7)17)13-8(6-18)14(22)20-15(19-13)23-2/h3-5H,1-2H3,(H,19,20,22). The Balaban J connectivity index is 2.44. The molecule has 2 aromatic heterocycles. The van der Waals surface area contributed by atoms with Crippen molar-refractivity contribution in [3.8, 4) is 17.3 Å². The lowest BCUT2D eigenvalue weighted by Gasteiger charge is -2.09. The van der Waals surface area contributed by atoms with Crippen LogP contribution < -0.4 is 5.56 Å². The zero-order valence-electron chi connectivity index (χ0n) is 12.1. The molecule has 0 saturated heterocycles. The molecule has 5 nitrogen and oxygen atoms in total. The number of aromatic nitrogens is 3. The average Bonchev–Trinajstić information content (AvgIpc) is 2.88. The van der Waals surface area contributed by atoms with Crippen LogP contribution in [0.25, 0.3) is 22.2 Å². The molecule has 1 N–H and O–H groups in total. The Morgan fingerprint density at radius 2 is 2.17 bits per heavy atom. The van der Waals surface area contributed by atoms with Crippen molar-refractivity contribution >= 4 is 22.7 Å². The highest BCUT2D eigenvalue weighted by molar-refractivity contribution is 7.98. The summed E-state index contributed by atoms with van der Waals surface area (Å²) in [7, 11) is 1.67. The molecule has 0 unspecified atom stereocenters. The molecule has 3 rings (SSSR count). The second kappa shape index (κ2) is 5.52. The summed E-state index contributed by atoms with van der Waals surface area (Å²) in [6, 6.07) is 4.33. The zero-order valence-corrected chi connectivity index (χ0v) is 13.0. The van der Waals surface area contributed by atoms with Gasteiger partial charge >= 0.3 is 0 Å². The predicted octanol–water partition coefficient (Wildman–Crippen LogP) is 2.80. The SMILES string of the molecule is CSc1nc(-c2c(F)cc3c(ccn3C)c2F)c(C#N)c(=O)[nH]1. The van der Waals surface area contributed by atoms with Crippen molar-refractivity contribution in [1.82, 2.24) is 14.5 Å². The first-order valence-electron chi connectivity index (χ1n) is 6.49. The van der Waals surface area contributed by atoms with Crippen LogP contribution in [0.3, 0.4) is 0 Å². The smallest absolute Gasteiger partial charge is 0.270 e. The summed E-state index contributed by atoms with van der Waals surface area (Å²) >= 11 is 1.11. The van der Waals surface area contributed by atoms with Gasteiger partial charge in [-0.25, -0.2) is 13.8 Å². The minimum Gasteiger partial charge on any atom is -0.350 e. The van der Waals surface area contributed by atoms with Crippen molar-refractivity contribution in [2.45, 2.75) is 5.16 Å². The molecular weight excluding hydrogens is 322 g/mol. The first-order chi connectivity index (χ1) is 11.0. The molecule has 0 saturated carbocycles. The molecule has 0 radical (unpaired) electrons. The minimum atomic E-state index is -0.876. The summed E-state index contributed by atoms with van der Waals surface area (Å²) in [5, 5.41) is 9.53. The van der Waals surface area contributed by atoms with Crippen molar-refractivity contribution in [3.05, 3.63) is 45.9 Å². The van der Waals surface area contributed by atoms with E-state index >= 15 is 0 Å². The largest absolute Gasteiger partial charge is 0.350 e. The lowest BCUT2D eigenvalue weighted by molar-refractivity contribution is 0.596. The van der Waals surface area contributed by atoms with Gasteiger partial charge in [0.2, 0.25) is 0 Å². The van der Waals surface area contributed by atoms with Gasteiger partial charge in [-0.15, -0.1) is 0 Å². The number of thioether (sulfide) groups is 1. The number of rotatable bonds is 2. The number of nitrogens with zero attached hydrogens (tertiary/aromatic N) is 3. The topological polar surface area (TPSA) is 74.5 Å². The van der Waals surface area contributed by atoms with Crippen molar-refractivity contribution in [2.75, 3.05) is 6.26 Å². The number of aryl methyl sites for hydroxylation is 1. The molecule has 0 fully saturated rings. The molecule has 0 spiro atoms. The van der Waals surface area contributed by atoms with E-state index in [1.807, 2.05) is 0 Å². The average molecular weight is 332 g/mol. The fourth-order valence-corrected chi connectivity index (χ4v) is 2.77. The van der Waals surface area contributed by atoms with E-state index in [0.29, 0.717) is 5.52 Å². The zero-order chi connectivity index (χ0) is 16.7. The maximum atomic E-state index is 14.8. The highest BCUT2D eigenvalue weighted by Crippen LogP contribution is 2.32. The van der Waals surface area contributed by atoms with E-state index in [1.165, 1.54) is 6.07 Å². The summed E-state index contributed by atoms with van der Waals surface area (Å²) in [6.07, 6.45) is 3.25. The summed E-state index contributed by atoms with van der Waals surface area (Å²) < 4.78 is 30.9. The Labute approximate surface area is 133 Å². The van der Waals surface area contributed by atoms with Gasteiger partial charge in [-0.1, -0.05) is 11.8 Å². The molecule has 0 atom stereocenters. The van der Waals surface area contributed by atoms with Crippen LogP contribution in [0.1, 0.15) is 5.56 Å². The maximum Gasteiger partial charge on any atom is 0.270 e. The van der Waals surface area contributed by atoms with E-state index in [9.17, 15) is 13.6 Å². The van der Waals surface area contributed by atoms with Crippen molar-refractivity contribution in [3.63, 3.8) is 0 Å². The summed E-state index contributed by atoms with van der Waals surface area (Å²) in [5.41, 5.74) is -1.54. The number of halogens is 2. The molecule has 2 heterocycles. The van der Waals surface area contributed by atoms with Gasteiger partial charge in [-0.3, -0.25) is 4.79 Å². The molecule has 0 aliphatic heterocycles. The maximum absolute atomic E-state index is 14.8. The van der Waals surface area contributed by atoms with Gasteiger partial charge in [0.15, 0.2) is 5.16 Å². The second-order valence-electron chi connectivity index (χ2n) is 4.82. The molecular formula is C15H10F2N4OS. The third-order valence-electron chi connectivity index (χ3n) is 3.52. The van der Waals surface area contributed by atoms with Gasteiger partial charge in [-0.2, -0.15) is 5.26 Å². The summed E-state index contributed by atoms with van der Waals surface area (Å²) in [6.45, 7) is 0. The van der Waals surface area contributed by atoms with Crippen molar-refractivity contribution < 1.29 is 8.78 Å². The monoisotopic (exact) mass is 332 g/mol. The lowest BCUT2D eigenvalue weighted by atomic mass is 10.0. The third-order valence-corrected chi connectivity index (χ3v) is 4.10. The van der Waals surface area contributed by atoms with Crippen LogP contribution in [-0.2, 0) is 7.05 Å². The van der Waals surface area contributed by atoms with E-state index in [4.69, 9.17) is 5.26 Å². The number of fused-ring (bicyclic) bond motifs is 1. The number of hydrogen-bond donors (Lipinski definition) is 1. The van der Waals surface area contributed by atoms with E-state index in [0.717, 1.165) is 17.8 Å². The highest BCUT2D eigenvalue weighted by Gasteiger charge is 2.23. The minimum absolute atomic E-state index is 0.177. The van der Waals surface area contributed by atoms with E-state index < -0.39 is 28.3 Å². The Hall–Kier alpha value is -2.66. The summed E-state index contributed by atoms with van der Waals surface area (Å²) in [5.74, 6) is -1.72. The summed E-state index contributed by atoms with van der Waals surface area (Å²) in [4.78, 5) is 18.4. The number of nitrogens with one attached hydrogen (secondary N) is 1. The molecule has 1 aromatic carbocycles. The first kappa shape index (κ1) is 15.2. The van der Waals surface area contributed by atoms with E-state index in [1.54, 1.807) is 30.1 Å². The van der Waals surface area contributed by atoms with Gasteiger partial charge < -0.3 is 9.55 Å². The van der Waals surface area contributed by atoms with Crippen LogP contribution >= 0.6 is 11.8 Å². The number of benzene rings is 1. The normalized spacial score (nSPS) is 10.9. The van der Waals surface area contributed by atoms with Crippen LogP contribution in [0, 0.1) is 23.0 Å². The Kier molecular flexibility index (Phi) is 3.66. The molecule has 116 valence electrons. The third kappa shape index (κ3) is 2.29. The van der Waals surface area contributed by atoms with Gasteiger partial charge in [0.1, 0.15) is 29.0 Å². The Bertz CT molecular complexity index is 1030. The van der Waals surface area contributed by atoms with Crippen LogP contribution in [-0.4, -0.2) is 20.8 Å². The Morgan fingerprint density at radius 3 is 2.83 bits per heavy atom. The molecule has 0 amide bonds. The molecule has 0 bridgehead atoms. The van der Waals surface area contributed by atoms with Crippen LogP contribution in [0.15, 0.2) is 28.3 Å². The van der Waals surface area contributed by atoms with Gasteiger partial charge in [0, 0.05) is 18.6 Å². The number of nitriles is 1. The number of H-pyrrole nitrogens is 1. The molecule has 23 heavy (non-hydrogen) atoms. The van der Waals surface area contributed by atoms with Gasteiger partial charge in [-0.05, 0) is 18.4 Å². The van der Waals surface area contributed by atoms with E-state index in [2.05, 4.69) is 9.97 Å². The van der Waals surface area contributed by atoms with Gasteiger partial charge in [0.25, 0.3) is 5.56 Å². The second-order valence-corrected chi connectivity index (χ2v) is 5.61. The van der Waals surface area contributed by atoms with Crippen molar-refractivity contribution in [1.29, 1.82) is 5.26 Å². The van der Waals surface area contributed by atoms with Crippen LogP contribution in [0.5, 0.6) is 0 Å². The molecule has 0 aliphatic rings. The van der Waals surface area contributed by atoms with Crippen molar-refractivity contribution in [2.24, 2.45) is 7.05 Å². The number of aromatic amines is 1. The Morgan fingerprint density at radius 1 is 1.43 bits per heavy atom. The van der Waals surface area contributed by atoms with Crippen LogP contribution in [0.4, 0.5) is 8.78 Å². The molecule has 3 aromatic rings. The van der Waals surface area contributed by atoms with Gasteiger partial charge in [0.05, 0.1) is 11.1 Å². The quantitative estimate of drug-likeness (QED) is 0.578. The molecule has 8 heteroatoms. The lowest BCUT2D eigenvalue weighted by Crippen LogP contribution is -2.15. The fourth-order valence-electron chi connectivity index (χ4n) is 2.39. The van der Waals surface area contributed by atoms with Crippen LogP contribution in [0.2, 0.25) is 0 Å². The highest BCUT2D eigenvalue weighted by atomic mass is 32.2. The first-order valence-corrected chi connectivity index (χ1v) is 7.72.